The number of carbonyl (C=O) groups is 1. The first kappa shape index (κ1) is 12.2. The highest BCUT2D eigenvalue weighted by Crippen LogP contribution is 2.30. The van der Waals surface area contributed by atoms with Gasteiger partial charge >= 0.3 is 5.97 Å². The highest BCUT2D eigenvalue weighted by molar-refractivity contribution is 14.1. The molecule has 2 aromatic carbocycles. The van der Waals surface area contributed by atoms with Crippen molar-refractivity contribution in [3.05, 3.63) is 44.5 Å². The van der Waals surface area contributed by atoms with Crippen LogP contribution in [-0.4, -0.2) is 11.1 Å². The Kier molecular flexibility index (Phi) is 3.24. The molecule has 0 aliphatic rings. The Morgan fingerprint density at radius 1 is 1.18 bits per heavy atom. The van der Waals surface area contributed by atoms with Crippen LogP contribution in [0.15, 0.2) is 24.3 Å². The minimum atomic E-state index is -1.48. The van der Waals surface area contributed by atoms with Gasteiger partial charge in [0, 0.05) is 0 Å². The summed E-state index contributed by atoms with van der Waals surface area (Å²) < 4.78 is 11.7. The van der Waals surface area contributed by atoms with Gasteiger partial charge in [0.2, 0.25) is 0 Å². The van der Waals surface area contributed by atoms with E-state index in [1.54, 1.807) is 6.07 Å². The molecular weight excluding hydrogens is 331 g/mol. The Hall–Kier alpha value is -1.30. The first-order valence-electron chi connectivity index (χ1n) is 5.09. The van der Waals surface area contributed by atoms with Gasteiger partial charge in [-0.1, -0.05) is 18.2 Å². The highest BCUT2D eigenvalue weighted by Gasteiger charge is 2.17. The maximum atomic E-state index is 11.3. The Balaban J connectivity index is 3.03. The first-order chi connectivity index (χ1) is 8.06. The molecule has 0 heterocycles. The van der Waals surface area contributed by atoms with Crippen molar-refractivity contribution in [1.82, 2.24) is 0 Å². The minimum Gasteiger partial charge on any atom is -0.478 e. The quantitative estimate of drug-likeness (QED) is 0.848. The van der Waals surface area contributed by atoms with Crippen molar-refractivity contribution in [2.45, 2.75) is 13.8 Å². The average Bonchev–Trinajstić information content (AvgIpc) is 2.28. The van der Waals surface area contributed by atoms with Crippen molar-refractivity contribution >= 4 is 37.9 Å². The van der Waals surface area contributed by atoms with Gasteiger partial charge in [-0.25, -0.2) is 4.79 Å². The summed E-state index contributed by atoms with van der Waals surface area (Å²) in [7, 11) is 0. The van der Waals surface area contributed by atoms with Crippen LogP contribution < -0.4 is 0 Å². The molecule has 0 radical (unpaired) electrons. The molecule has 0 unspecified atom stereocenters. The van der Waals surface area contributed by atoms with E-state index in [4.69, 9.17) is 0 Å². The summed E-state index contributed by atoms with van der Waals surface area (Å²) in [5, 5.41) is 10.9. The lowest BCUT2D eigenvalue weighted by atomic mass is 9.98. The monoisotopic (exact) mass is 342 g/mol. The predicted octanol–water partition coefficient (Wildman–Crippen LogP) is 3.64. The normalized spacial score (nSPS) is 10.7. The van der Waals surface area contributed by atoms with Crippen LogP contribution in [0.3, 0.4) is 0 Å². The number of carboxylic acid groups (broad SMARTS) is 1. The number of hydrogen-bond acceptors (Lipinski definition) is 2. The zero-order valence-electron chi connectivity index (χ0n) is 9.45. The number of carboxylic acids is 1. The van der Waals surface area contributed by atoms with E-state index >= 15 is 0 Å². The molecule has 0 amide bonds. The molecule has 0 spiro atoms. The van der Waals surface area contributed by atoms with Gasteiger partial charge in [-0.05, 0) is 41.8 Å². The zero-order valence-corrected chi connectivity index (χ0v) is 11.6. The molecule has 0 saturated carbocycles. The fourth-order valence-corrected chi connectivity index (χ4v) is 3.24. The van der Waals surface area contributed by atoms with Crippen molar-refractivity contribution in [1.29, 1.82) is 0 Å². The van der Waals surface area contributed by atoms with Gasteiger partial charge < -0.3 is 5.11 Å². The molecule has 0 aliphatic carbocycles. The van der Waals surface area contributed by atoms with Crippen molar-refractivity contribution in [3.8, 4) is 0 Å². The number of halogens is 1. The topological polar surface area (TPSA) is 54.4 Å². The molecule has 2 rings (SSSR count). The summed E-state index contributed by atoms with van der Waals surface area (Å²) in [5.74, 6) is -1.00. The van der Waals surface area contributed by atoms with Gasteiger partial charge in [0.1, 0.15) is 0 Å². The molecule has 2 aromatic rings. The van der Waals surface area contributed by atoms with E-state index in [1.807, 2.05) is 32.0 Å². The zero-order chi connectivity index (χ0) is 12.6. The van der Waals surface area contributed by atoms with Crippen LogP contribution in [0.2, 0.25) is 0 Å². The highest BCUT2D eigenvalue weighted by atomic mass is 127. The SMILES string of the molecule is Cc1cc2c(C)cccc2c(C(=O)O)c1I=O. The molecule has 88 valence electrons. The van der Waals surface area contributed by atoms with E-state index < -0.39 is 27.2 Å². The lowest BCUT2D eigenvalue weighted by molar-refractivity contribution is 0.0698. The third-order valence-corrected chi connectivity index (χ3v) is 4.64. The number of hydrogen-bond donors (Lipinski definition) is 1. The largest absolute Gasteiger partial charge is 0.478 e. The fourth-order valence-electron chi connectivity index (χ4n) is 1.99. The number of rotatable bonds is 2. The standard InChI is InChI=1S/C13H11IO3/c1-7-4-3-5-9-10(7)6-8(2)12(14-17)11(9)13(15)16/h3-6H,1-2H3,(H,15,16). The van der Waals surface area contributed by atoms with E-state index in [0.29, 0.717) is 8.96 Å². The van der Waals surface area contributed by atoms with Crippen molar-refractivity contribution in [2.24, 2.45) is 0 Å². The summed E-state index contributed by atoms with van der Waals surface area (Å²) in [6, 6.07) is 7.46. The van der Waals surface area contributed by atoms with Crippen molar-refractivity contribution in [3.63, 3.8) is 0 Å². The van der Waals surface area contributed by atoms with Crippen LogP contribution >= 0.6 is 21.2 Å². The minimum absolute atomic E-state index is 0.200. The first-order valence-corrected chi connectivity index (χ1v) is 7.05. The van der Waals surface area contributed by atoms with Gasteiger partial charge in [-0.2, -0.15) is 0 Å². The molecule has 3 nitrogen and oxygen atoms in total. The van der Waals surface area contributed by atoms with Crippen LogP contribution in [-0.2, 0) is 3.07 Å². The molecule has 0 aliphatic heterocycles. The van der Waals surface area contributed by atoms with Gasteiger partial charge in [-0.15, -0.1) is 0 Å². The van der Waals surface area contributed by atoms with Crippen LogP contribution in [0.4, 0.5) is 0 Å². The lowest BCUT2D eigenvalue weighted by Crippen LogP contribution is -2.03. The molecule has 0 bridgehead atoms. The maximum absolute atomic E-state index is 11.3. The summed E-state index contributed by atoms with van der Waals surface area (Å²) in [6.45, 7) is 3.75. The number of aromatic carboxylic acids is 1. The fraction of sp³-hybridized carbons (Fsp3) is 0.154. The summed E-state index contributed by atoms with van der Waals surface area (Å²) in [6.07, 6.45) is 0. The molecule has 1 N–H and O–H groups in total. The summed E-state index contributed by atoms with van der Waals surface area (Å²) in [5.41, 5.74) is 2.03. The van der Waals surface area contributed by atoms with Gasteiger partial charge in [0.05, 0.1) is 9.13 Å². The molecule has 0 atom stereocenters. The Labute approximate surface area is 109 Å². The van der Waals surface area contributed by atoms with Gasteiger partial charge in [0.15, 0.2) is 21.2 Å². The van der Waals surface area contributed by atoms with Crippen molar-refractivity contribution in [2.75, 3.05) is 0 Å². The molecule has 0 saturated heterocycles. The van der Waals surface area contributed by atoms with E-state index in [-0.39, 0.29) is 5.56 Å². The lowest BCUT2D eigenvalue weighted by Gasteiger charge is -2.09. The van der Waals surface area contributed by atoms with E-state index in [9.17, 15) is 13.0 Å². The summed E-state index contributed by atoms with van der Waals surface area (Å²) in [4.78, 5) is 11.3. The van der Waals surface area contributed by atoms with E-state index in [2.05, 4.69) is 0 Å². The summed E-state index contributed by atoms with van der Waals surface area (Å²) >= 11 is -1.48. The second kappa shape index (κ2) is 4.52. The second-order valence-corrected chi connectivity index (χ2v) is 5.45. The third-order valence-electron chi connectivity index (χ3n) is 2.81. The molecule has 17 heavy (non-hydrogen) atoms. The number of benzene rings is 2. The van der Waals surface area contributed by atoms with Gasteiger partial charge in [0.25, 0.3) is 0 Å². The molecule has 0 aromatic heterocycles. The number of aryl methyl sites for hydroxylation is 2. The van der Waals surface area contributed by atoms with Crippen molar-refractivity contribution < 1.29 is 13.0 Å². The Morgan fingerprint density at radius 3 is 2.47 bits per heavy atom. The van der Waals surface area contributed by atoms with Gasteiger partial charge in [-0.3, -0.25) is 3.07 Å². The maximum Gasteiger partial charge on any atom is 0.337 e. The van der Waals surface area contributed by atoms with Crippen LogP contribution in [0.1, 0.15) is 21.5 Å². The number of fused-ring (bicyclic) bond motifs is 1. The predicted molar refractivity (Wildman–Crippen MR) is 73.8 cm³/mol. The average molecular weight is 342 g/mol. The Morgan fingerprint density at radius 2 is 1.88 bits per heavy atom. The van der Waals surface area contributed by atoms with Crippen LogP contribution in [0, 0.1) is 17.4 Å². The Bertz CT molecular complexity index is 632. The molecule has 4 heteroatoms. The molecular formula is C13H11IO3. The smallest absolute Gasteiger partial charge is 0.337 e. The van der Waals surface area contributed by atoms with Crippen LogP contribution in [0.5, 0.6) is 0 Å². The second-order valence-electron chi connectivity index (χ2n) is 3.93. The third kappa shape index (κ3) is 1.97. The van der Waals surface area contributed by atoms with Crippen LogP contribution in [0.25, 0.3) is 10.8 Å². The van der Waals surface area contributed by atoms with E-state index in [0.717, 1.165) is 16.5 Å². The molecule has 0 fully saturated rings. The van der Waals surface area contributed by atoms with E-state index in [1.165, 1.54) is 0 Å².